The second-order valence-electron chi connectivity index (χ2n) is 9.51. The van der Waals surface area contributed by atoms with Crippen LogP contribution in [0.1, 0.15) is 41.6 Å². The van der Waals surface area contributed by atoms with Crippen LogP contribution in [0.15, 0.2) is 53.0 Å². The molecule has 0 spiro atoms. The standard InChI is InChI=1S/C26H25BrN2O5/c1-14-21(17-11-16(27)7-8-18(17)28-22(14)15-5-3-2-4-6-15)23(32)29-26-10-9-25(24(33)34,12-19(26)30)13-20(26)31/h2-8,11,19-20,30-31H,9-10,12-13H2,1H3,(H,29,32)(H,33,34). The number of aliphatic carboxylic acids is 1. The number of amides is 1. The van der Waals surface area contributed by atoms with Crippen molar-refractivity contribution in [3.05, 3.63) is 64.1 Å². The third-order valence-corrected chi connectivity index (χ3v) is 8.13. The summed E-state index contributed by atoms with van der Waals surface area (Å²) in [7, 11) is 0. The molecule has 8 heteroatoms. The molecule has 3 aliphatic rings. The van der Waals surface area contributed by atoms with E-state index in [0.717, 1.165) is 10.0 Å². The normalized spacial score (nSPS) is 28.1. The van der Waals surface area contributed by atoms with Gasteiger partial charge in [0.2, 0.25) is 0 Å². The van der Waals surface area contributed by atoms with Gasteiger partial charge in [-0.3, -0.25) is 9.59 Å². The predicted molar refractivity (Wildman–Crippen MR) is 130 cm³/mol. The summed E-state index contributed by atoms with van der Waals surface area (Å²) in [6.45, 7) is 1.84. The van der Waals surface area contributed by atoms with Crippen LogP contribution in [0.5, 0.6) is 0 Å². The molecule has 2 unspecified atom stereocenters. The van der Waals surface area contributed by atoms with Crippen molar-refractivity contribution in [1.29, 1.82) is 0 Å². The van der Waals surface area contributed by atoms with E-state index in [1.165, 1.54) is 0 Å². The summed E-state index contributed by atoms with van der Waals surface area (Å²) in [5.74, 6) is -1.44. The molecule has 3 aliphatic carbocycles. The minimum absolute atomic E-state index is 0.00341. The van der Waals surface area contributed by atoms with Gasteiger partial charge in [0.05, 0.1) is 39.9 Å². The van der Waals surface area contributed by atoms with Gasteiger partial charge in [-0.25, -0.2) is 4.98 Å². The third kappa shape index (κ3) is 3.43. The Morgan fingerprint density at radius 1 is 1.06 bits per heavy atom. The lowest BCUT2D eigenvalue weighted by Crippen LogP contribution is -2.72. The maximum absolute atomic E-state index is 13.8. The van der Waals surface area contributed by atoms with Crippen LogP contribution in [0.3, 0.4) is 0 Å². The van der Waals surface area contributed by atoms with Crippen LogP contribution in [0.25, 0.3) is 22.2 Å². The summed E-state index contributed by atoms with van der Waals surface area (Å²) < 4.78 is 0.794. The first kappa shape index (κ1) is 23.0. The minimum Gasteiger partial charge on any atom is -0.481 e. The Morgan fingerprint density at radius 3 is 2.35 bits per heavy atom. The number of carbonyl (C=O) groups is 2. The topological polar surface area (TPSA) is 120 Å². The quantitative estimate of drug-likeness (QED) is 0.411. The van der Waals surface area contributed by atoms with E-state index >= 15 is 0 Å². The van der Waals surface area contributed by atoms with Crippen molar-refractivity contribution < 1.29 is 24.9 Å². The maximum atomic E-state index is 13.8. The number of fused-ring (bicyclic) bond motifs is 4. The highest BCUT2D eigenvalue weighted by Crippen LogP contribution is 2.52. The Labute approximate surface area is 205 Å². The molecule has 1 heterocycles. The van der Waals surface area contributed by atoms with Crippen molar-refractivity contribution in [1.82, 2.24) is 10.3 Å². The average Bonchev–Trinajstić information content (AvgIpc) is 2.80. The highest BCUT2D eigenvalue weighted by Gasteiger charge is 2.62. The van der Waals surface area contributed by atoms with Crippen molar-refractivity contribution in [2.45, 2.75) is 50.4 Å². The van der Waals surface area contributed by atoms with Gasteiger partial charge in [0.15, 0.2) is 0 Å². The first-order chi connectivity index (χ1) is 16.2. The van der Waals surface area contributed by atoms with Gasteiger partial charge in [-0.05, 0) is 56.4 Å². The number of carboxylic acid groups (broad SMARTS) is 1. The largest absolute Gasteiger partial charge is 0.481 e. The van der Waals surface area contributed by atoms with E-state index in [1.807, 2.05) is 55.5 Å². The summed E-state index contributed by atoms with van der Waals surface area (Å²) in [6.07, 6.45) is -1.87. The first-order valence-electron chi connectivity index (χ1n) is 11.2. The molecule has 7 nitrogen and oxygen atoms in total. The Morgan fingerprint density at radius 2 is 1.74 bits per heavy atom. The molecule has 0 radical (unpaired) electrons. The van der Waals surface area contributed by atoms with Gasteiger partial charge in [0, 0.05) is 15.4 Å². The molecule has 1 amide bonds. The fourth-order valence-electron chi connectivity index (χ4n) is 5.68. The van der Waals surface area contributed by atoms with E-state index in [4.69, 9.17) is 4.98 Å². The molecule has 2 atom stereocenters. The number of nitrogens with one attached hydrogen (secondary N) is 1. The van der Waals surface area contributed by atoms with Gasteiger partial charge >= 0.3 is 5.97 Å². The number of aliphatic hydroxyl groups is 2. The summed E-state index contributed by atoms with van der Waals surface area (Å²) >= 11 is 3.48. The Hall–Kier alpha value is -2.81. The number of aliphatic hydroxyl groups excluding tert-OH is 2. The fourth-order valence-corrected chi connectivity index (χ4v) is 6.04. The highest BCUT2D eigenvalue weighted by atomic mass is 79.9. The fraction of sp³-hybridized carbons (Fsp3) is 0.346. The van der Waals surface area contributed by atoms with E-state index < -0.39 is 35.0 Å². The molecule has 0 saturated heterocycles. The predicted octanol–water partition coefficient (Wildman–Crippen LogP) is 3.82. The molecule has 3 fully saturated rings. The SMILES string of the molecule is Cc1c(-c2ccccc2)nc2ccc(Br)cc2c1C(=O)NC12CCC(C(=O)O)(CC1O)CC2O. The van der Waals surface area contributed by atoms with Crippen LogP contribution >= 0.6 is 15.9 Å². The molecule has 2 aromatic carbocycles. The number of carbonyl (C=O) groups excluding carboxylic acids is 1. The monoisotopic (exact) mass is 524 g/mol. The highest BCUT2D eigenvalue weighted by molar-refractivity contribution is 9.10. The Bertz CT molecular complexity index is 1300. The lowest BCUT2D eigenvalue weighted by atomic mass is 9.54. The number of benzene rings is 2. The van der Waals surface area contributed by atoms with Crippen molar-refractivity contribution in [3.8, 4) is 11.3 Å². The number of hydrogen-bond acceptors (Lipinski definition) is 5. The molecule has 176 valence electrons. The van der Waals surface area contributed by atoms with Crippen molar-refractivity contribution in [3.63, 3.8) is 0 Å². The zero-order chi connectivity index (χ0) is 24.3. The number of aromatic nitrogens is 1. The number of pyridine rings is 1. The smallest absolute Gasteiger partial charge is 0.309 e. The molecule has 1 aromatic heterocycles. The molecular formula is C26H25BrN2O5. The number of hydrogen-bond donors (Lipinski definition) is 4. The minimum atomic E-state index is -1.30. The average molecular weight is 525 g/mol. The summed E-state index contributed by atoms with van der Waals surface area (Å²) in [4.78, 5) is 30.5. The van der Waals surface area contributed by atoms with Gasteiger partial charge in [-0.2, -0.15) is 0 Å². The van der Waals surface area contributed by atoms with Crippen molar-refractivity contribution >= 4 is 38.7 Å². The van der Waals surface area contributed by atoms with Crippen LogP contribution in [-0.2, 0) is 4.79 Å². The molecule has 34 heavy (non-hydrogen) atoms. The second-order valence-corrected chi connectivity index (χ2v) is 10.4. The molecule has 6 rings (SSSR count). The van der Waals surface area contributed by atoms with Crippen LogP contribution in [0.2, 0.25) is 0 Å². The van der Waals surface area contributed by atoms with E-state index in [-0.39, 0.29) is 25.7 Å². The van der Waals surface area contributed by atoms with Crippen LogP contribution in [-0.4, -0.2) is 49.9 Å². The lowest BCUT2D eigenvalue weighted by Gasteiger charge is -2.56. The number of carboxylic acids is 1. The van der Waals surface area contributed by atoms with Gasteiger partial charge in [-0.15, -0.1) is 0 Å². The number of halogens is 1. The second kappa shape index (κ2) is 8.15. The summed E-state index contributed by atoms with van der Waals surface area (Å²) in [5.41, 5.74) is 0.843. The zero-order valence-corrected chi connectivity index (χ0v) is 20.2. The van der Waals surface area contributed by atoms with Gasteiger partial charge in [0.1, 0.15) is 0 Å². The zero-order valence-electron chi connectivity index (χ0n) is 18.6. The molecule has 3 saturated carbocycles. The first-order valence-corrected chi connectivity index (χ1v) is 12.0. The van der Waals surface area contributed by atoms with Crippen molar-refractivity contribution in [2.75, 3.05) is 0 Å². The molecule has 2 bridgehead atoms. The van der Waals surface area contributed by atoms with E-state index in [0.29, 0.717) is 27.7 Å². The lowest BCUT2D eigenvalue weighted by molar-refractivity contribution is -0.183. The molecule has 4 N–H and O–H groups in total. The number of nitrogens with zero attached hydrogens (tertiary/aromatic N) is 1. The van der Waals surface area contributed by atoms with E-state index in [1.54, 1.807) is 0 Å². The van der Waals surface area contributed by atoms with E-state index in [9.17, 15) is 24.9 Å². The molecule has 0 aliphatic heterocycles. The van der Waals surface area contributed by atoms with E-state index in [2.05, 4.69) is 21.2 Å². The number of rotatable bonds is 4. The van der Waals surface area contributed by atoms with Crippen LogP contribution in [0.4, 0.5) is 0 Å². The summed E-state index contributed by atoms with van der Waals surface area (Å²) in [5, 5.41) is 35.2. The van der Waals surface area contributed by atoms with Gasteiger partial charge in [0.25, 0.3) is 5.91 Å². The van der Waals surface area contributed by atoms with Gasteiger partial charge < -0.3 is 20.6 Å². The van der Waals surface area contributed by atoms with Crippen LogP contribution < -0.4 is 5.32 Å². The van der Waals surface area contributed by atoms with Gasteiger partial charge in [-0.1, -0.05) is 46.3 Å². The Kier molecular flexibility index (Phi) is 5.50. The van der Waals surface area contributed by atoms with Crippen molar-refractivity contribution in [2.24, 2.45) is 5.41 Å². The van der Waals surface area contributed by atoms with Crippen LogP contribution in [0, 0.1) is 12.3 Å². The maximum Gasteiger partial charge on any atom is 0.309 e. The summed E-state index contributed by atoms with van der Waals surface area (Å²) in [6, 6.07) is 15.1. The Balaban J connectivity index is 1.61. The molecular weight excluding hydrogens is 500 g/mol. The molecule has 3 aromatic rings. The third-order valence-electron chi connectivity index (χ3n) is 7.64.